The minimum atomic E-state index is -0.0305. The van der Waals surface area contributed by atoms with E-state index < -0.39 is 0 Å². The second-order valence-electron chi connectivity index (χ2n) is 3.63. The minimum Gasteiger partial charge on any atom is -0.352 e. The van der Waals surface area contributed by atoms with Crippen LogP contribution in [0.15, 0.2) is 27.1 Å². The molecular formula is C12H14Br3NO. The SMILES string of the molecule is O=C(NCCCCCBr)c1cc(Br)ccc1Br. The summed E-state index contributed by atoms with van der Waals surface area (Å²) in [5, 5.41) is 3.95. The van der Waals surface area contributed by atoms with Gasteiger partial charge in [-0.1, -0.05) is 38.3 Å². The van der Waals surface area contributed by atoms with Gasteiger partial charge in [-0.2, -0.15) is 0 Å². The van der Waals surface area contributed by atoms with Gasteiger partial charge in [-0.05, 0) is 47.0 Å². The number of amides is 1. The number of alkyl halides is 1. The molecule has 0 bridgehead atoms. The lowest BCUT2D eigenvalue weighted by Crippen LogP contribution is -2.24. The first-order chi connectivity index (χ1) is 8.15. The lowest BCUT2D eigenvalue weighted by molar-refractivity contribution is 0.0952. The van der Waals surface area contributed by atoms with Gasteiger partial charge in [-0.25, -0.2) is 0 Å². The molecule has 0 aliphatic heterocycles. The van der Waals surface area contributed by atoms with Crippen molar-refractivity contribution < 1.29 is 4.79 Å². The molecule has 0 aliphatic carbocycles. The molecule has 17 heavy (non-hydrogen) atoms. The van der Waals surface area contributed by atoms with Crippen molar-refractivity contribution in [3.05, 3.63) is 32.7 Å². The molecule has 94 valence electrons. The van der Waals surface area contributed by atoms with Gasteiger partial charge in [0, 0.05) is 20.8 Å². The second kappa shape index (κ2) is 8.27. The number of halogens is 3. The first-order valence-corrected chi connectivity index (χ1v) is 8.15. The molecule has 5 heteroatoms. The Morgan fingerprint density at radius 2 is 1.94 bits per heavy atom. The van der Waals surface area contributed by atoms with Crippen molar-refractivity contribution in [2.24, 2.45) is 0 Å². The number of rotatable bonds is 6. The average Bonchev–Trinajstić information content (AvgIpc) is 2.32. The molecule has 1 rings (SSSR count). The minimum absolute atomic E-state index is 0.0305. The molecule has 1 aromatic rings. The number of unbranched alkanes of at least 4 members (excludes halogenated alkanes) is 2. The average molecular weight is 428 g/mol. The van der Waals surface area contributed by atoms with Gasteiger partial charge in [0.25, 0.3) is 5.91 Å². The highest BCUT2D eigenvalue weighted by molar-refractivity contribution is 9.11. The number of hydrogen-bond donors (Lipinski definition) is 1. The Bertz CT molecular complexity index is 382. The third-order valence-electron chi connectivity index (χ3n) is 2.27. The van der Waals surface area contributed by atoms with Crippen molar-refractivity contribution in [1.29, 1.82) is 0 Å². The van der Waals surface area contributed by atoms with Crippen molar-refractivity contribution in [2.75, 3.05) is 11.9 Å². The lowest BCUT2D eigenvalue weighted by atomic mass is 10.2. The van der Waals surface area contributed by atoms with Crippen LogP contribution in [0.3, 0.4) is 0 Å². The maximum atomic E-state index is 11.9. The van der Waals surface area contributed by atoms with Crippen LogP contribution in [0.4, 0.5) is 0 Å². The van der Waals surface area contributed by atoms with Gasteiger partial charge in [0.15, 0.2) is 0 Å². The van der Waals surface area contributed by atoms with Crippen molar-refractivity contribution in [2.45, 2.75) is 19.3 Å². The fourth-order valence-electron chi connectivity index (χ4n) is 1.36. The number of nitrogens with one attached hydrogen (secondary N) is 1. The summed E-state index contributed by atoms with van der Waals surface area (Å²) in [6.45, 7) is 0.727. The molecule has 0 heterocycles. The summed E-state index contributed by atoms with van der Waals surface area (Å²) < 4.78 is 1.73. The van der Waals surface area contributed by atoms with Crippen LogP contribution in [0, 0.1) is 0 Å². The molecule has 0 radical (unpaired) electrons. The smallest absolute Gasteiger partial charge is 0.252 e. The summed E-state index contributed by atoms with van der Waals surface area (Å²) in [7, 11) is 0. The van der Waals surface area contributed by atoms with E-state index in [1.165, 1.54) is 0 Å². The van der Waals surface area contributed by atoms with Gasteiger partial charge < -0.3 is 5.32 Å². The normalized spacial score (nSPS) is 10.3. The van der Waals surface area contributed by atoms with E-state index in [1.54, 1.807) is 0 Å². The highest BCUT2D eigenvalue weighted by Crippen LogP contribution is 2.21. The number of benzene rings is 1. The zero-order valence-electron chi connectivity index (χ0n) is 9.31. The topological polar surface area (TPSA) is 29.1 Å². The van der Waals surface area contributed by atoms with Gasteiger partial charge in [-0.15, -0.1) is 0 Å². The van der Waals surface area contributed by atoms with Gasteiger partial charge >= 0.3 is 0 Å². The first-order valence-electron chi connectivity index (χ1n) is 5.44. The molecule has 1 N–H and O–H groups in total. The van der Waals surface area contributed by atoms with Crippen LogP contribution in [0.25, 0.3) is 0 Å². The van der Waals surface area contributed by atoms with E-state index in [-0.39, 0.29) is 5.91 Å². The Morgan fingerprint density at radius 3 is 2.65 bits per heavy atom. The summed E-state index contributed by atoms with van der Waals surface area (Å²) in [6.07, 6.45) is 3.30. The first kappa shape index (κ1) is 15.2. The van der Waals surface area contributed by atoms with Gasteiger partial charge in [0.05, 0.1) is 5.56 Å². The predicted octanol–water partition coefficient (Wildman–Crippen LogP) is 4.51. The van der Waals surface area contributed by atoms with Crippen molar-refractivity contribution in [3.63, 3.8) is 0 Å². The summed E-state index contributed by atoms with van der Waals surface area (Å²) in [5.41, 5.74) is 0.667. The van der Waals surface area contributed by atoms with Gasteiger partial charge in [-0.3, -0.25) is 4.79 Å². The molecule has 1 aromatic carbocycles. The number of carbonyl (C=O) groups is 1. The molecule has 0 fully saturated rings. The van der Waals surface area contributed by atoms with E-state index in [2.05, 4.69) is 53.1 Å². The number of carbonyl (C=O) groups excluding carboxylic acids is 1. The molecule has 0 spiro atoms. The van der Waals surface area contributed by atoms with Crippen LogP contribution >= 0.6 is 47.8 Å². The second-order valence-corrected chi connectivity index (χ2v) is 6.19. The molecule has 0 saturated heterocycles. The predicted molar refractivity (Wildman–Crippen MR) is 81.8 cm³/mol. The maximum absolute atomic E-state index is 11.9. The monoisotopic (exact) mass is 425 g/mol. The van der Waals surface area contributed by atoms with Crippen LogP contribution in [-0.4, -0.2) is 17.8 Å². The Balaban J connectivity index is 2.44. The van der Waals surface area contributed by atoms with Crippen molar-refractivity contribution in [1.82, 2.24) is 5.32 Å². The fraction of sp³-hybridized carbons (Fsp3) is 0.417. The van der Waals surface area contributed by atoms with E-state index in [0.29, 0.717) is 5.56 Å². The van der Waals surface area contributed by atoms with E-state index in [0.717, 1.165) is 40.1 Å². The highest BCUT2D eigenvalue weighted by atomic mass is 79.9. The van der Waals surface area contributed by atoms with Crippen LogP contribution in [0.2, 0.25) is 0 Å². The summed E-state index contributed by atoms with van der Waals surface area (Å²) in [6, 6.07) is 5.58. The zero-order chi connectivity index (χ0) is 12.7. The zero-order valence-corrected chi connectivity index (χ0v) is 14.1. The van der Waals surface area contributed by atoms with Gasteiger partial charge in [0.1, 0.15) is 0 Å². The molecule has 2 nitrogen and oxygen atoms in total. The lowest BCUT2D eigenvalue weighted by Gasteiger charge is -2.07. The molecule has 0 unspecified atom stereocenters. The van der Waals surface area contributed by atoms with E-state index >= 15 is 0 Å². The quantitative estimate of drug-likeness (QED) is 0.525. The number of hydrogen-bond acceptors (Lipinski definition) is 1. The van der Waals surface area contributed by atoms with E-state index in [9.17, 15) is 4.79 Å². The molecular weight excluding hydrogens is 414 g/mol. The van der Waals surface area contributed by atoms with Crippen molar-refractivity contribution in [3.8, 4) is 0 Å². The standard InChI is InChI=1S/C12H14Br3NO/c13-6-2-1-3-7-16-12(17)10-8-9(14)4-5-11(10)15/h4-5,8H,1-3,6-7H2,(H,16,17). The third kappa shape index (κ3) is 5.53. The van der Waals surface area contributed by atoms with Crippen LogP contribution in [-0.2, 0) is 0 Å². The summed E-state index contributed by atoms with van der Waals surface area (Å²) >= 11 is 10.1. The summed E-state index contributed by atoms with van der Waals surface area (Å²) in [5.74, 6) is -0.0305. The Morgan fingerprint density at radius 1 is 1.18 bits per heavy atom. The van der Waals surface area contributed by atoms with Crippen LogP contribution < -0.4 is 5.32 Å². The summed E-state index contributed by atoms with van der Waals surface area (Å²) in [4.78, 5) is 11.9. The Kier molecular flexibility index (Phi) is 7.39. The molecule has 0 aromatic heterocycles. The van der Waals surface area contributed by atoms with Crippen LogP contribution in [0.5, 0.6) is 0 Å². The largest absolute Gasteiger partial charge is 0.352 e. The fourth-order valence-corrected chi connectivity index (χ4v) is 2.55. The molecule has 0 atom stereocenters. The van der Waals surface area contributed by atoms with Crippen LogP contribution in [0.1, 0.15) is 29.6 Å². The Labute approximate surface area is 127 Å². The molecule has 1 amide bonds. The maximum Gasteiger partial charge on any atom is 0.252 e. The van der Waals surface area contributed by atoms with E-state index in [4.69, 9.17) is 0 Å². The van der Waals surface area contributed by atoms with Crippen molar-refractivity contribution >= 4 is 53.7 Å². The molecule has 0 saturated carbocycles. The Hall–Kier alpha value is 0.130. The third-order valence-corrected chi connectivity index (χ3v) is 4.01. The highest BCUT2D eigenvalue weighted by Gasteiger charge is 2.09. The van der Waals surface area contributed by atoms with E-state index in [1.807, 2.05) is 18.2 Å². The molecule has 0 aliphatic rings. The van der Waals surface area contributed by atoms with Gasteiger partial charge in [0.2, 0.25) is 0 Å².